The fourth-order valence-corrected chi connectivity index (χ4v) is 3.83. The zero-order valence-electron chi connectivity index (χ0n) is 18.9. The minimum absolute atomic E-state index is 0.0288. The molecule has 0 aliphatic heterocycles. The summed E-state index contributed by atoms with van der Waals surface area (Å²) < 4.78 is 10.6. The highest BCUT2D eigenvalue weighted by Gasteiger charge is 2.14. The number of carbonyl (C=O) groups excluding carboxylic acids is 1. The van der Waals surface area contributed by atoms with Gasteiger partial charge in [-0.15, -0.1) is 0 Å². The van der Waals surface area contributed by atoms with Crippen LogP contribution in [0.15, 0.2) is 77.8 Å². The van der Waals surface area contributed by atoms with Crippen LogP contribution in [0.5, 0.6) is 11.5 Å². The van der Waals surface area contributed by atoms with Crippen molar-refractivity contribution in [2.75, 3.05) is 20.5 Å². The molecule has 0 amide bonds. The molecule has 166 valence electrons. The quantitative estimate of drug-likeness (QED) is 0.242. The highest BCUT2D eigenvalue weighted by molar-refractivity contribution is 8.13. The normalized spacial score (nSPS) is 11.2. The van der Waals surface area contributed by atoms with Crippen LogP contribution >= 0.6 is 11.8 Å². The second kappa shape index (κ2) is 11.4. The zero-order valence-corrected chi connectivity index (χ0v) is 19.7. The largest absolute Gasteiger partial charge is 0.497 e. The monoisotopic (exact) mass is 448 g/mol. The first-order valence-corrected chi connectivity index (χ1v) is 11.5. The van der Waals surface area contributed by atoms with E-state index >= 15 is 0 Å². The summed E-state index contributed by atoms with van der Waals surface area (Å²) in [5, 5.41) is 0.873. The number of ether oxygens (including phenoxy) is 2. The van der Waals surface area contributed by atoms with Gasteiger partial charge in [-0.3, -0.25) is 4.79 Å². The van der Waals surface area contributed by atoms with Crippen LogP contribution in [0, 0.1) is 0 Å². The summed E-state index contributed by atoms with van der Waals surface area (Å²) in [6, 6.07) is 23.5. The van der Waals surface area contributed by atoms with Gasteiger partial charge in [0, 0.05) is 18.7 Å². The molecule has 5 nitrogen and oxygen atoms in total. The van der Waals surface area contributed by atoms with Crippen LogP contribution in [-0.2, 0) is 13.1 Å². The van der Waals surface area contributed by atoms with Crippen LogP contribution in [0.2, 0.25) is 0 Å². The Morgan fingerprint density at radius 1 is 0.875 bits per heavy atom. The lowest BCUT2D eigenvalue weighted by atomic mass is 10.1. The van der Waals surface area contributed by atoms with Gasteiger partial charge in [-0.25, -0.2) is 4.99 Å². The first-order chi connectivity index (χ1) is 15.5. The first kappa shape index (κ1) is 23.4. The van der Waals surface area contributed by atoms with Crippen molar-refractivity contribution in [3.8, 4) is 11.5 Å². The van der Waals surface area contributed by atoms with Crippen molar-refractivity contribution in [2.45, 2.75) is 20.0 Å². The van der Waals surface area contributed by atoms with Crippen molar-refractivity contribution in [1.29, 1.82) is 0 Å². The maximum atomic E-state index is 11.8. The van der Waals surface area contributed by atoms with Gasteiger partial charge in [0.2, 0.25) is 0 Å². The number of amidine groups is 1. The van der Waals surface area contributed by atoms with Gasteiger partial charge in [-0.05, 0) is 60.7 Å². The average Bonchev–Trinajstić information content (AvgIpc) is 2.83. The SMILES string of the molecule is COc1ccc(CN(Cc2ccc(OC)cc2)C(=Nc2cccc(C(C)=O)c2)SC)cc1. The lowest BCUT2D eigenvalue weighted by Gasteiger charge is -2.26. The average molecular weight is 449 g/mol. The molecule has 6 heteroatoms. The highest BCUT2D eigenvalue weighted by Crippen LogP contribution is 2.23. The number of thioether (sulfide) groups is 1. The minimum Gasteiger partial charge on any atom is -0.497 e. The van der Waals surface area contributed by atoms with Crippen molar-refractivity contribution < 1.29 is 14.3 Å². The Balaban J connectivity index is 1.93. The first-order valence-electron chi connectivity index (χ1n) is 10.3. The topological polar surface area (TPSA) is 51.1 Å². The number of nitrogens with zero attached hydrogens (tertiary/aromatic N) is 2. The van der Waals surface area contributed by atoms with Crippen LogP contribution < -0.4 is 9.47 Å². The molecule has 0 aliphatic carbocycles. The van der Waals surface area contributed by atoms with Gasteiger partial charge in [0.15, 0.2) is 11.0 Å². The number of methoxy groups -OCH3 is 2. The molecule has 0 unspecified atom stereocenters. The molecule has 0 saturated carbocycles. The van der Waals surface area contributed by atoms with Crippen molar-refractivity contribution in [2.24, 2.45) is 4.99 Å². The summed E-state index contributed by atoms with van der Waals surface area (Å²) in [5.41, 5.74) is 3.72. The van der Waals surface area contributed by atoms with Gasteiger partial charge in [-0.2, -0.15) is 0 Å². The van der Waals surface area contributed by atoms with E-state index in [1.165, 1.54) is 0 Å². The fourth-order valence-electron chi connectivity index (χ4n) is 3.24. The van der Waals surface area contributed by atoms with Crippen LogP contribution in [0.25, 0.3) is 0 Å². The molecule has 3 rings (SSSR count). The van der Waals surface area contributed by atoms with Gasteiger partial charge < -0.3 is 14.4 Å². The molecule has 0 atom stereocenters. The number of carbonyl (C=O) groups is 1. The van der Waals surface area contributed by atoms with E-state index < -0.39 is 0 Å². The smallest absolute Gasteiger partial charge is 0.164 e. The van der Waals surface area contributed by atoms with Gasteiger partial charge >= 0.3 is 0 Å². The Morgan fingerprint density at radius 2 is 1.41 bits per heavy atom. The minimum atomic E-state index is 0.0288. The van der Waals surface area contributed by atoms with E-state index in [-0.39, 0.29) is 5.78 Å². The third kappa shape index (κ3) is 6.37. The van der Waals surface area contributed by atoms with Gasteiger partial charge in [-0.1, -0.05) is 48.2 Å². The summed E-state index contributed by atoms with van der Waals surface area (Å²) in [6.45, 7) is 2.93. The molecular weight excluding hydrogens is 420 g/mol. The number of benzene rings is 3. The Hall–Kier alpha value is -3.25. The number of hydrogen-bond acceptors (Lipinski definition) is 5. The van der Waals surface area contributed by atoms with Crippen LogP contribution in [0.4, 0.5) is 5.69 Å². The molecule has 3 aromatic carbocycles. The van der Waals surface area contributed by atoms with Crippen molar-refractivity contribution in [3.63, 3.8) is 0 Å². The Bertz CT molecular complexity index is 1010. The number of ketones is 1. The second-order valence-corrected chi connectivity index (χ2v) is 8.03. The maximum Gasteiger partial charge on any atom is 0.164 e. The van der Waals surface area contributed by atoms with Crippen molar-refractivity contribution in [3.05, 3.63) is 89.5 Å². The van der Waals surface area contributed by atoms with Crippen molar-refractivity contribution in [1.82, 2.24) is 4.90 Å². The van der Waals surface area contributed by atoms with E-state index in [0.717, 1.165) is 33.5 Å². The molecule has 0 aromatic heterocycles. The van der Waals surface area contributed by atoms with Crippen LogP contribution in [-0.4, -0.2) is 36.3 Å². The summed E-state index contributed by atoms with van der Waals surface area (Å²) >= 11 is 1.58. The summed E-state index contributed by atoms with van der Waals surface area (Å²) in [7, 11) is 3.33. The van der Waals surface area contributed by atoms with E-state index in [0.29, 0.717) is 18.7 Å². The van der Waals surface area contributed by atoms with Crippen molar-refractivity contribution >= 4 is 28.4 Å². The van der Waals surface area contributed by atoms with E-state index in [2.05, 4.69) is 29.2 Å². The van der Waals surface area contributed by atoms with Crippen LogP contribution in [0.3, 0.4) is 0 Å². The zero-order chi connectivity index (χ0) is 22.9. The Morgan fingerprint density at radius 3 is 1.84 bits per heavy atom. The fraction of sp³-hybridized carbons (Fsp3) is 0.231. The molecular formula is C26H28N2O3S. The molecule has 0 fully saturated rings. The van der Waals surface area contributed by atoms with E-state index in [4.69, 9.17) is 14.5 Å². The summed E-state index contributed by atoms with van der Waals surface area (Å²) in [5.74, 6) is 1.69. The van der Waals surface area contributed by atoms with Gasteiger partial charge in [0.05, 0.1) is 19.9 Å². The summed E-state index contributed by atoms with van der Waals surface area (Å²) in [4.78, 5) is 18.9. The van der Waals surface area contributed by atoms with E-state index in [1.807, 2.05) is 54.8 Å². The van der Waals surface area contributed by atoms with Gasteiger partial charge in [0.25, 0.3) is 0 Å². The molecule has 0 saturated heterocycles. The maximum absolute atomic E-state index is 11.8. The Labute approximate surface area is 194 Å². The molecule has 0 N–H and O–H groups in total. The third-order valence-electron chi connectivity index (χ3n) is 5.00. The summed E-state index contributed by atoms with van der Waals surface area (Å²) in [6.07, 6.45) is 2.02. The second-order valence-electron chi connectivity index (χ2n) is 7.26. The standard InChI is InChI=1S/C26H28N2O3S/c1-19(29)22-6-5-7-23(16-22)27-26(32-4)28(17-20-8-12-24(30-2)13-9-20)18-21-10-14-25(31-3)15-11-21/h5-16H,17-18H2,1-4H3. The van der Waals surface area contributed by atoms with E-state index in [9.17, 15) is 4.79 Å². The molecule has 0 aliphatic rings. The number of rotatable bonds is 8. The molecule has 0 spiro atoms. The highest BCUT2D eigenvalue weighted by atomic mass is 32.2. The molecule has 0 radical (unpaired) electrons. The molecule has 3 aromatic rings. The van der Waals surface area contributed by atoms with Gasteiger partial charge in [0.1, 0.15) is 11.5 Å². The van der Waals surface area contributed by atoms with Crippen LogP contribution in [0.1, 0.15) is 28.4 Å². The predicted octanol–water partition coefficient (Wildman–Crippen LogP) is 5.96. The number of hydrogen-bond donors (Lipinski definition) is 0. The molecule has 32 heavy (non-hydrogen) atoms. The predicted molar refractivity (Wildman–Crippen MR) is 132 cm³/mol. The molecule has 0 heterocycles. The lowest BCUT2D eigenvalue weighted by molar-refractivity contribution is 0.101. The lowest BCUT2D eigenvalue weighted by Crippen LogP contribution is -2.27. The third-order valence-corrected chi connectivity index (χ3v) is 5.71. The number of aliphatic imine (C=N–C) groups is 1. The molecule has 0 bridgehead atoms. The number of Topliss-reactive ketones (excluding diaryl/α,β-unsaturated/α-hetero) is 1. The van der Waals surface area contributed by atoms with E-state index in [1.54, 1.807) is 32.9 Å². The Kier molecular flexibility index (Phi) is 8.34.